The van der Waals surface area contributed by atoms with Gasteiger partial charge >= 0.3 is 35.8 Å². The number of carbonyl (C=O) groups excluding carboxylic acids is 7. The molecule has 0 aliphatic rings. The van der Waals surface area contributed by atoms with Crippen LogP contribution in [0.3, 0.4) is 0 Å². The summed E-state index contributed by atoms with van der Waals surface area (Å²) in [5.41, 5.74) is -6.58. The molecule has 0 saturated carbocycles. The summed E-state index contributed by atoms with van der Waals surface area (Å²) in [5, 5.41) is 39.5. The van der Waals surface area contributed by atoms with Crippen LogP contribution in [0.4, 0.5) is 11.4 Å². The average molecular weight is 1110 g/mol. The monoisotopic (exact) mass is 1110 g/mol. The summed E-state index contributed by atoms with van der Waals surface area (Å²) in [6, 6.07) is 19.0. The number of aliphatic carboxylic acids is 3. The van der Waals surface area contributed by atoms with E-state index in [-0.39, 0.29) is 40.3 Å². The van der Waals surface area contributed by atoms with Crippen LogP contribution in [0.25, 0.3) is 0 Å². The molecule has 0 bridgehead atoms. The highest BCUT2D eigenvalue weighted by molar-refractivity contribution is 6.67. The molecule has 0 saturated heterocycles. The van der Waals surface area contributed by atoms with Crippen molar-refractivity contribution < 1.29 is 82.2 Å². The third-order valence-corrected chi connectivity index (χ3v) is 14.6. The Morgan fingerprint density at radius 3 is 1.50 bits per heavy atom. The van der Waals surface area contributed by atoms with Crippen LogP contribution < -0.4 is 15.5 Å². The molecule has 80 heavy (non-hydrogen) atoms. The first-order valence-electron chi connectivity index (χ1n) is 25.9. The number of ketones is 3. The zero-order valence-electron chi connectivity index (χ0n) is 48.9. The van der Waals surface area contributed by atoms with Crippen molar-refractivity contribution in [1.82, 2.24) is 0 Å². The minimum Gasteiger partial charge on any atom is -0.488 e. The maximum Gasteiger partial charge on any atom is 0.340 e. The molecule has 0 radical (unpaired) electrons. The predicted molar refractivity (Wildman–Crippen MR) is 297 cm³/mol. The number of methoxy groups -OCH3 is 2. The lowest BCUT2D eigenvalue weighted by atomic mass is 9.52. The van der Waals surface area contributed by atoms with Crippen LogP contribution in [0.2, 0.25) is 0 Å². The van der Waals surface area contributed by atoms with E-state index >= 15 is 9.59 Å². The Labute approximate surface area is 467 Å². The summed E-state index contributed by atoms with van der Waals surface area (Å²) in [5.74, 6) is -19.0. The Balaban J connectivity index is 1.95. The van der Waals surface area contributed by atoms with Crippen LogP contribution in [0.1, 0.15) is 142 Å². The van der Waals surface area contributed by atoms with Crippen molar-refractivity contribution in [2.24, 2.45) is 61.3 Å². The smallest absolute Gasteiger partial charge is 0.340 e. The van der Waals surface area contributed by atoms with Gasteiger partial charge in [0.2, 0.25) is 0 Å². The minimum atomic E-state index is -2.19. The first-order valence-corrected chi connectivity index (χ1v) is 25.9. The molecule has 436 valence electrons. The van der Waals surface area contributed by atoms with E-state index in [4.69, 9.17) is 18.9 Å². The number of hydrogen-bond donors (Lipinski definition) is 5. The van der Waals surface area contributed by atoms with Crippen molar-refractivity contribution >= 4 is 76.2 Å². The number of ether oxygens (including phenoxy) is 4. The molecule has 5 unspecified atom stereocenters. The molecule has 0 aliphatic carbocycles. The van der Waals surface area contributed by atoms with Crippen LogP contribution in [0.5, 0.6) is 5.75 Å². The maximum absolute atomic E-state index is 15.2. The number of nitrogens with one attached hydrogen (secondary N) is 2. The summed E-state index contributed by atoms with van der Waals surface area (Å²) in [7, 11) is 2.28. The molecule has 3 aromatic carbocycles. The number of carbonyl (C=O) groups is 10. The number of Topliss-reactive ketones (excluding diaryl/α,β-unsaturated/α-hetero) is 3. The number of amides is 1. The van der Waals surface area contributed by atoms with Gasteiger partial charge in [0.15, 0.2) is 11.5 Å². The summed E-state index contributed by atoms with van der Waals surface area (Å²) < 4.78 is 21.0. The van der Waals surface area contributed by atoms with E-state index in [1.54, 1.807) is 40.7 Å². The molecule has 0 aromatic heterocycles. The fourth-order valence-corrected chi connectivity index (χ4v) is 10.8. The largest absolute Gasteiger partial charge is 0.488 e. The normalized spacial score (nSPS) is 14.4. The second-order valence-corrected chi connectivity index (χ2v) is 24.4. The summed E-state index contributed by atoms with van der Waals surface area (Å²) >= 11 is 0. The molecule has 0 aliphatic heterocycles. The van der Waals surface area contributed by atoms with Gasteiger partial charge in [0, 0.05) is 28.6 Å². The standard InChI is InChI=1S/C60H79N3O17/c1-33(64)45(63-62-39-31-35(50(72)77-16)27-28-36(39)51(73)78-17)46(65)61-38-25-21-22-26-40(38)79-29-30-80-52(74)44(56(5,6)7)43(49(70)71)60(14,15)54(76)59(12,13)42(48(68)69)41(47(66)67)58(10,11)53(75)57(8,9)37(32-55(2,3)4)34-23-19-18-20-24-34/h18-28,31,37,41-44,62H,29-30,32H2,1-17H3,(H,61,65)(H,66,67)(H,68,69)(H,70,71)/b63-45-. The highest BCUT2D eigenvalue weighted by Crippen LogP contribution is 2.54. The fraction of sp³-hybridized carbons (Fsp3) is 0.517. The van der Waals surface area contributed by atoms with Crippen LogP contribution >= 0.6 is 0 Å². The lowest BCUT2D eigenvalue weighted by molar-refractivity contribution is -0.178. The highest BCUT2D eigenvalue weighted by Gasteiger charge is 2.62. The molecule has 5 N–H and O–H groups in total. The Kier molecular flexibility index (Phi) is 21.6. The Bertz CT molecular complexity index is 2870. The Morgan fingerprint density at radius 1 is 0.562 bits per heavy atom. The summed E-state index contributed by atoms with van der Waals surface area (Å²) in [6.07, 6.45) is 0.502. The predicted octanol–water partition coefficient (Wildman–Crippen LogP) is 9.41. The van der Waals surface area contributed by atoms with Crippen molar-refractivity contribution in [3.8, 4) is 5.75 Å². The second kappa shape index (κ2) is 26.0. The molecule has 1 amide bonds. The zero-order valence-corrected chi connectivity index (χ0v) is 48.9. The van der Waals surface area contributed by atoms with E-state index in [2.05, 4.69) is 15.8 Å². The molecular weight excluding hydrogens is 1030 g/mol. The molecule has 3 rings (SSSR count). The van der Waals surface area contributed by atoms with Crippen molar-refractivity contribution in [3.63, 3.8) is 0 Å². The minimum absolute atomic E-state index is 0.0102. The van der Waals surface area contributed by atoms with E-state index in [9.17, 15) is 53.7 Å². The first-order chi connectivity index (χ1) is 36.7. The number of para-hydroxylation sites is 2. The van der Waals surface area contributed by atoms with Gasteiger partial charge in [-0.25, -0.2) is 9.59 Å². The van der Waals surface area contributed by atoms with E-state index in [0.29, 0.717) is 6.42 Å². The van der Waals surface area contributed by atoms with Crippen LogP contribution in [0.15, 0.2) is 77.9 Å². The van der Waals surface area contributed by atoms with E-state index in [1.165, 1.54) is 77.9 Å². The summed E-state index contributed by atoms with van der Waals surface area (Å²) in [6.45, 7) is 22.0. The molecule has 3 aromatic rings. The van der Waals surface area contributed by atoms with Crippen LogP contribution in [0, 0.1) is 56.2 Å². The van der Waals surface area contributed by atoms with E-state index in [0.717, 1.165) is 26.7 Å². The van der Waals surface area contributed by atoms with Gasteiger partial charge in [-0.2, -0.15) is 5.10 Å². The molecule has 0 spiro atoms. The van der Waals surface area contributed by atoms with Gasteiger partial charge in [0.25, 0.3) is 5.91 Å². The van der Waals surface area contributed by atoms with Gasteiger partial charge in [-0.3, -0.25) is 43.8 Å². The third kappa shape index (κ3) is 15.5. The molecule has 5 atom stereocenters. The number of anilines is 2. The van der Waals surface area contributed by atoms with E-state index in [1.807, 2.05) is 51.1 Å². The van der Waals surface area contributed by atoms with Crippen LogP contribution in [-0.4, -0.2) is 108 Å². The van der Waals surface area contributed by atoms with Gasteiger partial charge < -0.3 is 39.6 Å². The number of benzene rings is 3. The quantitative estimate of drug-likeness (QED) is 0.0118. The lowest BCUT2D eigenvalue weighted by Gasteiger charge is -2.48. The van der Waals surface area contributed by atoms with Crippen molar-refractivity contribution in [3.05, 3.63) is 89.5 Å². The van der Waals surface area contributed by atoms with Crippen molar-refractivity contribution in [2.45, 2.75) is 116 Å². The van der Waals surface area contributed by atoms with Gasteiger partial charge in [0.05, 0.1) is 60.4 Å². The number of hydrazone groups is 1. The molecular formula is C60H79N3O17. The Hall–Kier alpha value is -7.77. The molecule has 0 fully saturated rings. The molecule has 20 nitrogen and oxygen atoms in total. The second-order valence-electron chi connectivity index (χ2n) is 24.4. The van der Waals surface area contributed by atoms with Crippen molar-refractivity contribution in [2.75, 3.05) is 38.2 Å². The average Bonchev–Trinajstić information content (AvgIpc) is 3.35. The third-order valence-electron chi connectivity index (χ3n) is 14.6. The number of nitrogens with zero attached hydrogens (tertiary/aromatic N) is 1. The zero-order chi connectivity index (χ0) is 61.3. The van der Waals surface area contributed by atoms with Gasteiger partial charge in [0.1, 0.15) is 30.5 Å². The maximum atomic E-state index is 15.2. The number of esters is 3. The number of carboxylic acids is 3. The molecule has 0 heterocycles. The van der Waals surface area contributed by atoms with Gasteiger partial charge in [-0.15, -0.1) is 0 Å². The van der Waals surface area contributed by atoms with Gasteiger partial charge in [-0.1, -0.05) is 139 Å². The first kappa shape index (κ1) is 66.5. The number of hydrogen-bond acceptors (Lipinski definition) is 16. The van der Waals surface area contributed by atoms with Gasteiger partial charge in [-0.05, 0) is 59.1 Å². The number of rotatable bonds is 27. The Morgan fingerprint density at radius 2 is 1.04 bits per heavy atom. The fourth-order valence-electron chi connectivity index (χ4n) is 10.8. The highest BCUT2D eigenvalue weighted by atomic mass is 16.6. The van der Waals surface area contributed by atoms with Crippen molar-refractivity contribution in [1.29, 1.82) is 0 Å². The topological polar surface area (TPSA) is 305 Å². The SMILES string of the molecule is COC(=O)c1ccc(C(=O)OC)c(N/N=C(/C(C)=O)C(=O)Nc2ccccc2OCCOC(=O)C(C(C(=O)O)C(C)(C)C(=O)C(C)(C)C(C(=O)O)C(C(=O)O)C(C)(C)C(=O)C(C)(C)C(CC(C)(C)C)c2ccccc2)C(C)(C)C)c1. The van der Waals surface area contributed by atoms with E-state index < -0.39 is 128 Å². The lowest BCUT2D eigenvalue weighted by Crippen LogP contribution is -2.58. The number of carboxylic acid groups (broad SMARTS) is 3. The van der Waals surface area contributed by atoms with Crippen LogP contribution in [-0.2, 0) is 52.6 Å². The summed E-state index contributed by atoms with van der Waals surface area (Å²) in [4.78, 5) is 136. The molecule has 20 heteroatoms.